The molecule has 0 unspecified atom stereocenters. The summed E-state index contributed by atoms with van der Waals surface area (Å²) in [7, 11) is 0. The summed E-state index contributed by atoms with van der Waals surface area (Å²) >= 11 is -1.46. The summed E-state index contributed by atoms with van der Waals surface area (Å²) in [5.41, 5.74) is 0. The van der Waals surface area contributed by atoms with Crippen molar-refractivity contribution in [1.82, 2.24) is 0 Å². The molecule has 0 N–H and O–H groups in total. The minimum atomic E-state index is -1.46. The van der Waals surface area contributed by atoms with Crippen molar-refractivity contribution in [2.75, 3.05) is 0 Å². The summed E-state index contributed by atoms with van der Waals surface area (Å²) in [4.78, 5) is 7.39. The Kier molecular flexibility index (Phi) is 5.00. The van der Waals surface area contributed by atoms with Crippen molar-refractivity contribution in [3.63, 3.8) is 0 Å². The molecule has 0 aliphatic heterocycles. The van der Waals surface area contributed by atoms with Gasteiger partial charge in [0.05, 0.1) is 0 Å². The van der Waals surface area contributed by atoms with Gasteiger partial charge in [0, 0.05) is 0 Å². The molecule has 0 saturated heterocycles. The molecular weight excluding hydrogens is 215 g/mol. The first-order valence-corrected chi connectivity index (χ1v) is 14.1. The van der Waals surface area contributed by atoms with Crippen LogP contribution in [0, 0.1) is 4.44 Å². The van der Waals surface area contributed by atoms with Crippen LogP contribution in [-0.2, 0) is 0 Å². The van der Waals surface area contributed by atoms with E-state index in [0.29, 0.717) is 0 Å². The molecule has 0 nitrogen and oxygen atoms in total. The van der Waals surface area contributed by atoms with Gasteiger partial charge in [-0.1, -0.05) is 0 Å². The molecule has 0 aromatic carbocycles. The molecule has 55 valence electrons. The first kappa shape index (κ1) is 9.80. The SMILES string of the molecule is CCCC[CH][Sn]([CH3])([CH3])[CH3]. The third kappa shape index (κ3) is 8.80. The van der Waals surface area contributed by atoms with Crippen LogP contribution in [0.15, 0.2) is 0 Å². The van der Waals surface area contributed by atoms with Crippen LogP contribution in [0.2, 0.25) is 14.8 Å². The Morgan fingerprint density at radius 1 is 1.22 bits per heavy atom. The quantitative estimate of drug-likeness (QED) is 0.517. The molecule has 0 atom stereocenters. The van der Waals surface area contributed by atoms with Crippen LogP contribution in [0.5, 0.6) is 0 Å². The number of hydrogen-bond acceptors (Lipinski definition) is 0. The Labute approximate surface area is 63.9 Å². The zero-order chi connectivity index (χ0) is 7.33. The molecule has 0 rings (SSSR count). The van der Waals surface area contributed by atoms with Crippen molar-refractivity contribution in [3.8, 4) is 0 Å². The van der Waals surface area contributed by atoms with E-state index in [9.17, 15) is 0 Å². The minimum absolute atomic E-state index is 1.35. The molecule has 0 spiro atoms. The molecule has 0 aliphatic carbocycles. The van der Waals surface area contributed by atoms with Crippen LogP contribution < -0.4 is 0 Å². The average Bonchev–Trinajstić information content (AvgIpc) is 1.63. The Bertz CT molecular complexity index is 61.5. The van der Waals surface area contributed by atoms with E-state index in [4.69, 9.17) is 0 Å². The van der Waals surface area contributed by atoms with Gasteiger partial charge in [-0.3, -0.25) is 0 Å². The van der Waals surface area contributed by atoms with E-state index in [0.717, 1.165) is 0 Å². The number of rotatable bonds is 4. The fourth-order valence-corrected chi connectivity index (χ4v) is 3.79. The van der Waals surface area contributed by atoms with Crippen molar-refractivity contribution in [1.29, 1.82) is 0 Å². The van der Waals surface area contributed by atoms with Crippen LogP contribution >= 0.6 is 0 Å². The van der Waals surface area contributed by atoms with Gasteiger partial charge in [-0.2, -0.15) is 0 Å². The summed E-state index contributed by atoms with van der Waals surface area (Å²) in [6.45, 7) is 2.26. The molecule has 1 heteroatoms. The van der Waals surface area contributed by atoms with Gasteiger partial charge in [0.15, 0.2) is 0 Å². The first-order valence-electron chi connectivity index (χ1n) is 3.90. The molecule has 0 aromatic rings. The van der Waals surface area contributed by atoms with Gasteiger partial charge in [-0.05, 0) is 0 Å². The molecule has 0 heterocycles. The first-order chi connectivity index (χ1) is 4.06. The second kappa shape index (κ2) is 4.59. The fraction of sp³-hybridized carbons (Fsp3) is 0.875. The molecule has 0 saturated carbocycles. The molecule has 0 amide bonds. The molecule has 9 heavy (non-hydrogen) atoms. The molecule has 1 radical (unpaired) electrons. The summed E-state index contributed by atoms with van der Waals surface area (Å²) in [6, 6.07) is 0. The second-order valence-corrected chi connectivity index (χ2v) is 18.4. The maximum atomic E-state index is 2.61. The van der Waals surface area contributed by atoms with Crippen LogP contribution in [-0.4, -0.2) is 18.4 Å². The summed E-state index contributed by atoms with van der Waals surface area (Å²) in [5, 5.41) is 0. The van der Waals surface area contributed by atoms with Crippen LogP contribution in [0.4, 0.5) is 0 Å². The predicted octanol–water partition coefficient (Wildman–Crippen LogP) is 3.26. The van der Waals surface area contributed by atoms with Crippen molar-refractivity contribution in [2.24, 2.45) is 0 Å². The van der Waals surface area contributed by atoms with E-state index in [-0.39, 0.29) is 0 Å². The predicted molar refractivity (Wildman–Crippen MR) is 47.2 cm³/mol. The van der Waals surface area contributed by atoms with Gasteiger partial charge in [0.2, 0.25) is 0 Å². The van der Waals surface area contributed by atoms with Gasteiger partial charge in [-0.25, -0.2) is 0 Å². The Morgan fingerprint density at radius 3 is 2.11 bits per heavy atom. The topological polar surface area (TPSA) is 0 Å². The van der Waals surface area contributed by atoms with E-state index in [1.807, 2.05) is 0 Å². The Balaban J connectivity index is 3.07. The monoisotopic (exact) mass is 235 g/mol. The van der Waals surface area contributed by atoms with E-state index in [1.54, 1.807) is 0 Å². The Morgan fingerprint density at radius 2 is 1.78 bits per heavy atom. The zero-order valence-corrected chi connectivity index (χ0v) is 10.1. The molecule has 0 bridgehead atoms. The summed E-state index contributed by atoms with van der Waals surface area (Å²) in [5.74, 6) is 0. The number of hydrogen-bond donors (Lipinski definition) is 0. The van der Waals surface area contributed by atoms with Gasteiger partial charge in [-0.15, -0.1) is 0 Å². The van der Waals surface area contributed by atoms with E-state index in [1.165, 1.54) is 19.3 Å². The molecular formula is C8H19Sn. The van der Waals surface area contributed by atoms with Crippen molar-refractivity contribution >= 4 is 18.4 Å². The van der Waals surface area contributed by atoms with Crippen LogP contribution in [0.25, 0.3) is 0 Å². The number of unbranched alkanes of at least 4 members (excludes halogenated alkanes) is 2. The standard InChI is InChI=1S/C5H10.3CH3.Sn/c1-3-5-4-2;;;;/h1H,3-5H2,2H3;3*1H3;. The van der Waals surface area contributed by atoms with Gasteiger partial charge in [0.25, 0.3) is 0 Å². The normalized spacial score (nSPS) is 12.0. The summed E-state index contributed by atoms with van der Waals surface area (Å²) < 4.78 is 2.61. The molecule has 0 aromatic heterocycles. The Hall–Kier alpha value is 0.799. The van der Waals surface area contributed by atoms with Crippen molar-refractivity contribution in [2.45, 2.75) is 41.0 Å². The van der Waals surface area contributed by atoms with Crippen LogP contribution in [0.3, 0.4) is 0 Å². The van der Waals surface area contributed by atoms with E-state index in [2.05, 4.69) is 26.2 Å². The van der Waals surface area contributed by atoms with Crippen molar-refractivity contribution in [3.05, 3.63) is 4.44 Å². The van der Waals surface area contributed by atoms with E-state index >= 15 is 0 Å². The third-order valence-electron chi connectivity index (χ3n) is 1.31. The van der Waals surface area contributed by atoms with Crippen molar-refractivity contribution < 1.29 is 0 Å². The average molecular weight is 234 g/mol. The van der Waals surface area contributed by atoms with Gasteiger partial charge in [0.1, 0.15) is 0 Å². The molecule has 0 fully saturated rings. The fourth-order valence-electron chi connectivity index (χ4n) is 0.739. The van der Waals surface area contributed by atoms with Gasteiger partial charge < -0.3 is 0 Å². The van der Waals surface area contributed by atoms with Gasteiger partial charge >= 0.3 is 63.8 Å². The van der Waals surface area contributed by atoms with E-state index < -0.39 is 18.4 Å². The molecule has 0 aliphatic rings. The maximum absolute atomic E-state index is 2.61. The third-order valence-corrected chi connectivity index (χ3v) is 5.63. The summed E-state index contributed by atoms with van der Waals surface area (Å²) in [6.07, 6.45) is 4.11. The van der Waals surface area contributed by atoms with Crippen LogP contribution in [0.1, 0.15) is 26.2 Å². The zero-order valence-electron chi connectivity index (χ0n) is 7.20. The second-order valence-electron chi connectivity index (χ2n) is 3.71.